The van der Waals surface area contributed by atoms with Gasteiger partial charge in [-0.1, -0.05) is 0 Å². The van der Waals surface area contributed by atoms with E-state index in [2.05, 4.69) is 25.3 Å². The average molecular weight is 426 g/mol. The minimum atomic E-state index is -3.68. The molecule has 0 saturated carbocycles. The summed E-state index contributed by atoms with van der Waals surface area (Å²) in [5.74, 6) is 2.81. The SMILES string of the molecule is CCNc1cc(Nc2ccc(NS(=O)(=O)c3ccc4c(c3)CCO4)cc2)nc(C)n1. The molecule has 2 heterocycles. The van der Waals surface area contributed by atoms with E-state index >= 15 is 0 Å². The smallest absolute Gasteiger partial charge is 0.261 e. The highest BCUT2D eigenvalue weighted by Gasteiger charge is 2.19. The van der Waals surface area contributed by atoms with E-state index in [4.69, 9.17) is 4.74 Å². The van der Waals surface area contributed by atoms with Crippen LogP contribution >= 0.6 is 0 Å². The molecule has 156 valence electrons. The minimum absolute atomic E-state index is 0.223. The zero-order valence-electron chi connectivity index (χ0n) is 16.8. The molecule has 9 heteroatoms. The van der Waals surface area contributed by atoms with E-state index in [1.807, 2.05) is 19.9 Å². The Labute approximate surface area is 175 Å². The summed E-state index contributed by atoms with van der Waals surface area (Å²) in [6.45, 7) is 5.18. The first-order valence-corrected chi connectivity index (χ1v) is 11.2. The Balaban J connectivity index is 1.47. The van der Waals surface area contributed by atoms with Crippen LogP contribution in [0.1, 0.15) is 18.3 Å². The summed E-state index contributed by atoms with van der Waals surface area (Å²) in [5, 5.41) is 6.38. The predicted octanol–water partition coefficient (Wildman–Crippen LogP) is 3.70. The Bertz CT molecular complexity index is 1160. The van der Waals surface area contributed by atoms with Crippen LogP contribution in [0.25, 0.3) is 0 Å². The van der Waals surface area contributed by atoms with E-state index in [9.17, 15) is 8.42 Å². The highest BCUT2D eigenvalue weighted by atomic mass is 32.2. The van der Waals surface area contributed by atoms with E-state index in [1.165, 1.54) is 0 Å². The van der Waals surface area contributed by atoms with Gasteiger partial charge in [-0.25, -0.2) is 18.4 Å². The van der Waals surface area contributed by atoms with E-state index in [0.29, 0.717) is 23.9 Å². The van der Waals surface area contributed by atoms with Crippen molar-refractivity contribution in [1.82, 2.24) is 9.97 Å². The lowest BCUT2D eigenvalue weighted by Crippen LogP contribution is -2.13. The molecule has 0 atom stereocenters. The Morgan fingerprint density at radius 3 is 2.50 bits per heavy atom. The maximum absolute atomic E-state index is 12.7. The number of hydrogen-bond acceptors (Lipinski definition) is 7. The van der Waals surface area contributed by atoms with Gasteiger partial charge in [0.25, 0.3) is 10.0 Å². The molecule has 4 rings (SSSR count). The van der Waals surface area contributed by atoms with Gasteiger partial charge in [-0.15, -0.1) is 0 Å². The molecule has 0 amide bonds. The first-order valence-electron chi connectivity index (χ1n) is 9.68. The number of sulfonamides is 1. The summed E-state index contributed by atoms with van der Waals surface area (Å²) in [6.07, 6.45) is 0.719. The van der Waals surface area contributed by atoms with Crippen LogP contribution in [0.15, 0.2) is 53.4 Å². The number of benzene rings is 2. The van der Waals surface area contributed by atoms with Gasteiger partial charge in [-0.2, -0.15) is 0 Å². The molecule has 1 aliphatic heterocycles. The van der Waals surface area contributed by atoms with Gasteiger partial charge in [-0.05, 0) is 61.9 Å². The molecule has 2 aromatic carbocycles. The molecule has 0 bridgehead atoms. The van der Waals surface area contributed by atoms with Crippen LogP contribution in [0.4, 0.5) is 23.0 Å². The van der Waals surface area contributed by atoms with Gasteiger partial charge in [0.05, 0.1) is 11.5 Å². The number of nitrogens with zero attached hydrogens (tertiary/aromatic N) is 2. The fourth-order valence-corrected chi connectivity index (χ4v) is 4.33. The van der Waals surface area contributed by atoms with E-state index in [0.717, 1.165) is 35.8 Å². The molecule has 1 aromatic heterocycles. The third kappa shape index (κ3) is 4.46. The van der Waals surface area contributed by atoms with Crippen molar-refractivity contribution >= 4 is 33.0 Å². The Morgan fingerprint density at radius 1 is 1.00 bits per heavy atom. The Morgan fingerprint density at radius 2 is 1.73 bits per heavy atom. The van der Waals surface area contributed by atoms with Crippen molar-refractivity contribution in [3.8, 4) is 5.75 Å². The van der Waals surface area contributed by atoms with Gasteiger partial charge >= 0.3 is 0 Å². The van der Waals surface area contributed by atoms with Crippen molar-refractivity contribution in [3.63, 3.8) is 0 Å². The summed E-state index contributed by atoms with van der Waals surface area (Å²) >= 11 is 0. The maximum Gasteiger partial charge on any atom is 0.261 e. The van der Waals surface area contributed by atoms with Crippen molar-refractivity contribution in [1.29, 1.82) is 0 Å². The molecule has 8 nitrogen and oxygen atoms in total. The zero-order valence-corrected chi connectivity index (χ0v) is 17.6. The van der Waals surface area contributed by atoms with Crippen LogP contribution in [-0.2, 0) is 16.4 Å². The van der Waals surface area contributed by atoms with Crippen molar-refractivity contribution in [2.45, 2.75) is 25.2 Å². The van der Waals surface area contributed by atoms with Gasteiger partial charge in [0, 0.05) is 30.4 Å². The van der Waals surface area contributed by atoms with Crippen LogP contribution in [0.5, 0.6) is 5.75 Å². The Kier molecular flexibility index (Phi) is 5.45. The largest absolute Gasteiger partial charge is 0.493 e. The molecular weight excluding hydrogens is 402 g/mol. The van der Waals surface area contributed by atoms with Gasteiger partial charge in [0.2, 0.25) is 0 Å². The lowest BCUT2D eigenvalue weighted by molar-refractivity contribution is 0.356. The number of anilines is 4. The molecule has 0 saturated heterocycles. The molecule has 0 fully saturated rings. The average Bonchev–Trinajstić information content (AvgIpc) is 3.17. The van der Waals surface area contributed by atoms with E-state index in [-0.39, 0.29) is 4.90 Å². The number of nitrogens with one attached hydrogen (secondary N) is 3. The molecule has 30 heavy (non-hydrogen) atoms. The monoisotopic (exact) mass is 425 g/mol. The number of rotatable bonds is 7. The Hall–Kier alpha value is -3.33. The fourth-order valence-electron chi connectivity index (χ4n) is 3.22. The highest BCUT2D eigenvalue weighted by Crippen LogP contribution is 2.28. The summed E-state index contributed by atoms with van der Waals surface area (Å²) in [4.78, 5) is 8.92. The molecule has 3 aromatic rings. The lowest BCUT2D eigenvalue weighted by atomic mass is 10.2. The lowest BCUT2D eigenvalue weighted by Gasteiger charge is -2.11. The number of fused-ring (bicyclic) bond motifs is 1. The molecule has 0 unspecified atom stereocenters. The number of aromatic nitrogens is 2. The number of hydrogen-bond donors (Lipinski definition) is 3. The third-order valence-corrected chi connectivity index (χ3v) is 5.96. The van der Waals surface area contributed by atoms with Gasteiger partial charge < -0.3 is 15.4 Å². The second-order valence-electron chi connectivity index (χ2n) is 6.89. The second-order valence-corrected chi connectivity index (χ2v) is 8.57. The van der Waals surface area contributed by atoms with Gasteiger partial charge in [0.1, 0.15) is 23.2 Å². The quantitative estimate of drug-likeness (QED) is 0.530. The van der Waals surface area contributed by atoms with Crippen LogP contribution < -0.4 is 20.1 Å². The topological polar surface area (TPSA) is 105 Å². The summed E-state index contributed by atoms with van der Waals surface area (Å²) in [6, 6.07) is 13.7. The first kappa shape index (κ1) is 20.0. The summed E-state index contributed by atoms with van der Waals surface area (Å²) < 4.78 is 33.5. The summed E-state index contributed by atoms with van der Waals surface area (Å²) in [5.41, 5.74) is 2.17. The second kappa shape index (κ2) is 8.19. The molecule has 3 N–H and O–H groups in total. The van der Waals surface area contributed by atoms with Crippen molar-refractivity contribution < 1.29 is 13.2 Å². The highest BCUT2D eigenvalue weighted by molar-refractivity contribution is 7.92. The van der Waals surface area contributed by atoms with Crippen LogP contribution in [-0.4, -0.2) is 31.5 Å². The van der Waals surface area contributed by atoms with E-state index < -0.39 is 10.0 Å². The maximum atomic E-state index is 12.7. The zero-order chi connectivity index (χ0) is 21.1. The minimum Gasteiger partial charge on any atom is -0.493 e. The fraction of sp³-hybridized carbons (Fsp3) is 0.238. The van der Waals surface area contributed by atoms with Crippen LogP contribution in [0, 0.1) is 6.92 Å². The van der Waals surface area contributed by atoms with Crippen molar-refractivity contribution in [2.24, 2.45) is 0 Å². The molecule has 1 aliphatic rings. The molecular formula is C21H23N5O3S. The normalized spacial score (nSPS) is 12.7. The van der Waals surface area contributed by atoms with Crippen LogP contribution in [0.3, 0.4) is 0 Å². The standard InChI is InChI=1S/C21H23N5O3S/c1-3-22-20-13-21(24-14(2)23-20)25-16-4-6-17(7-5-16)26-30(27,28)18-8-9-19-15(12-18)10-11-29-19/h4-9,12-13,26H,3,10-11H2,1-2H3,(H2,22,23,24,25). The van der Waals surface area contributed by atoms with E-state index in [1.54, 1.807) is 42.5 Å². The number of aryl methyl sites for hydroxylation is 1. The number of ether oxygens (including phenoxy) is 1. The van der Waals surface area contributed by atoms with Gasteiger partial charge in [0.15, 0.2) is 0 Å². The predicted molar refractivity (Wildman–Crippen MR) is 117 cm³/mol. The van der Waals surface area contributed by atoms with Crippen molar-refractivity contribution in [3.05, 3.63) is 59.9 Å². The molecule has 0 aliphatic carbocycles. The molecule has 0 spiro atoms. The molecule has 0 radical (unpaired) electrons. The van der Waals surface area contributed by atoms with Gasteiger partial charge in [-0.3, -0.25) is 4.72 Å². The summed E-state index contributed by atoms with van der Waals surface area (Å²) in [7, 11) is -3.68. The first-order chi connectivity index (χ1) is 14.4. The van der Waals surface area contributed by atoms with Crippen molar-refractivity contribution in [2.75, 3.05) is 28.5 Å². The van der Waals surface area contributed by atoms with Crippen LogP contribution in [0.2, 0.25) is 0 Å². The third-order valence-electron chi connectivity index (χ3n) is 4.58.